The highest BCUT2D eigenvalue weighted by molar-refractivity contribution is 7.89. The van der Waals surface area contributed by atoms with Crippen LogP contribution in [0.5, 0.6) is 0 Å². The lowest BCUT2D eigenvalue weighted by molar-refractivity contribution is -0.117. The molecule has 1 atom stereocenters. The van der Waals surface area contributed by atoms with E-state index in [4.69, 9.17) is 0 Å². The van der Waals surface area contributed by atoms with Crippen molar-refractivity contribution in [2.24, 2.45) is 0 Å². The lowest BCUT2D eigenvalue weighted by Crippen LogP contribution is -2.41. The summed E-state index contributed by atoms with van der Waals surface area (Å²) >= 11 is 0. The molecule has 0 unspecified atom stereocenters. The van der Waals surface area contributed by atoms with E-state index in [2.05, 4.69) is 10.0 Å². The van der Waals surface area contributed by atoms with Crippen molar-refractivity contribution in [3.05, 3.63) is 59.9 Å². The highest BCUT2D eigenvalue weighted by Gasteiger charge is 2.22. The van der Waals surface area contributed by atoms with Gasteiger partial charge in [0.05, 0.1) is 10.9 Å². The lowest BCUT2D eigenvalue weighted by Gasteiger charge is -2.14. The summed E-state index contributed by atoms with van der Waals surface area (Å²) in [7, 11) is -3.79. The summed E-state index contributed by atoms with van der Waals surface area (Å²) in [4.78, 5) is 12.1. The molecular weight excluding hydrogens is 319 g/mol. The minimum Gasteiger partial charge on any atom is -0.325 e. The number of hydrogen-bond donors (Lipinski definition) is 2. The number of carbonyl (C=O) groups is 1. The van der Waals surface area contributed by atoms with Crippen molar-refractivity contribution in [2.45, 2.75) is 24.8 Å². The van der Waals surface area contributed by atoms with Crippen molar-refractivity contribution in [1.29, 1.82) is 0 Å². The zero-order valence-corrected chi connectivity index (χ0v) is 13.5. The van der Waals surface area contributed by atoms with Gasteiger partial charge in [-0.3, -0.25) is 4.79 Å². The second kappa shape index (κ2) is 6.89. The van der Waals surface area contributed by atoms with Crippen LogP contribution in [0.2, 0.25) is 0 Å². The molecule has 0 aliphatic carbocycles. The number of amides is 1. The van der Waals surface area contributed by atoms with Gasteiger partial charge < -0.3 is 5.32 Å². The van der Waals surface area contributed by atoms with Gasteiger partial charge in [-0.25, -0.2) is 12.8 Å². The average Bonchev–Trinajstić information content (AvgIpc) is 2.49. The Hall–Kier alpha value is -2.25. The monoisotopic (exact) mass is 336 g/mol. The Labute approximate surface area is 134 Å². The lowest BCUT2D eigenvalue weighted by atomic mass is 10.2. The minimum absolute atomic E-state index is 0.0875. The molecule has 0 bridgehead atoms. The number of sulfonamides is 1. The second-order valence-corrected chi connectivity index (χ2v) is 6.87. The molecular formula is C16H17FN2O3S. The Balaban J connectivity index is 2.05. The van der Waals surface area contributed by atoms with Crippen LogP contribution >= 0.6 is 0 Å². The summed E-state index contributed by atoms with van der Waals surface area (Å²) in [5, 5.41) is 2.52. The quantitative estimate of drug-likeness (QED) is 0.880. The van der Waals surface area contributed by atoms with Crippen molar-refractivity contribution in [1.82, 2.24) is 4.72 Å². The van der Waals surface area contributed by atoms with E-state index >= 15 is 0 Å². The largest absolute Gasteiger partial charge is 0.325 e. The van der Waals surface area contributed by atoms with Gasteiger partial charge in [0.2, 0.25) is 15.9 Å². The first-order valence-corrected chi connectivity index (χ1v) is 8.42. The predicted molar refractivity (Wildman–Crippen MR) is 86.0 cm³/mol. The average molecular weight is 336 g/mol. The molecule has 5 nitrogen and oxygen atoms in total. The van der Waals surface area contributed by atoms with Gasteiger partial charge in [0, 0.05) is 5.69 Å². The SMILES string of the molecule is Cc1ccc(S(=O)(=O)N[C@@H](C)C(=O)Nc2ccc(F)cc2)cc1. The smallest absolute Gasteiger partial charge is 0.242 e. The number of aryl methyl sites for hydroxylation is 1. The Morgan fingerprint density at radius 2 is 1.61 bits per heavy atom. The van der Waals surface area contributed by atoms with Gasteiger partial charge in [0.15, 0.2) is 0 Å². The van der Waals surface area contributed by atoms with Crippen molar-refractivity contribution >= 4 is 21.6 Å². The van der Waals surface area contributed by atoms with Crippen LogP contribution in [0.1, 0.15) is 12.5 Å². The van der Waals surface area contributed by atoms with Gasteiger partial charge in [-0.2, -0.15) is 4.72 Å². The van der Waals surface area contributed by atoms with E-state index in [1.165, 1.54) is 43.3 Å². The van der Waals surface area contributed by atoms with Crippen LogP contribution in [0.4, 0.5) is 10.1 Å². The molecule has 1 amide bonds. The van der Waals surface area contributed by atoms with E-state index < -0.39 is 27.8 Å². The van der Waals surface area contributed by atoms with Crippen LogP contribution in [-0.2, 0) is 14.8 Å². The molecule has 23 heavy (non-hydrogen) atoms. The number of carbonyl (C=O) groups excluding carboxylic acids is 1. The van der Waals surface area contributed by atoms with Gasteiger partial charge in [-0.05, 0) is 50.2 Å². The van der Waals surface area contributed by atoms with Crippen LogP contribution in [-0.4, -0.2) is 20.4 Å². The molecule has 122 valence electrons. The molecule has 2 aromatic carbocycles. The fraction of sp³-hybridized carbons (Fsp3) is 0.188. The zero-order valence-electron chi connectivity index (χ0n) is 12.7. The van der Waals surface area contributed by atoms with E-state index in [-0.39, 0.29) is 4.90 Å². The predicted octanol–water partition coefficient (Wildman–Crippen LogP) is 2.44. The van der Waals surface area contributed by atoms with Crippen molar-refractivity contribution < 1.29 is 17.6 Å². The molecule has 0 heterocycles. The topological polar surface area (TPSA) is 75.3 Å². The first-order chi connectivity index (χ1) is 10.8. The van der Waals surface area contributed by atoms with Crippen LogP contribution in [0, 0.1) is 12.7 Å². The number of hydrogen-bond acceptors (Lipinski definition) is 3. The van der Waals surface area contributed by atoms with E-state index in [0.29, 0.717) is 5.69 Å². The molecule has 2 rings (SSSR count). The van der Waals surface area contributed by atoms with Crippen LogP contribution in [0.15, 0.2) is 53.4 Å². The molecule has 7 heteroatoms. The third kappa shape index (κ3) is 4.61. The third-order valence-corrected chi connectivity index (χ3v) is 4.72. The molecule has 0 aliphatic rings. The number of nitrogens with one attached hydrogen (secondary N) is 2. The molecule has 2 N–H and O–H groups in total. The Morgan fingerprint density at radius 3 is 2.17 bits per heavy atom. The molecule has 0 radical (unpaired) electrons. The first kappa shape index (κ1) is 17.1. The molecule has 0 saturated carbocycles. The fourth-order valence-electron chi connectivity index (χ4n) is 1.86. The van der Waals surface area contributed by atoms with Gasteiger partial charge >= 0.3 is 0 Å². The summed E-state index contributed by atoms with van der Waals surface area (Å²) < 4.78 is 39.6. The van der Waals surface area contributed by atoms with Crippen molar-refractivity contribution in [3.8, 4) is 0 Å². The zero-order chi connectivity index (χ0) is 17.0. The maximum atomic E-state index is 12.8. The maximum Gasteiger partial charge on any atom is 0.242 e. The van der Waals surface area contributed by atoms with Gasteiger partial charge in [-0.1, -0.05) is 17.7 Å². The molecule has 2 aromatic rings. The van der Waals surface area contributed by atoms with Crippen LogP contribution < -0.4 is 10.0 Å². The summed E-state index contributed by atoms with van der Waals surface area (Å²) in [6, 6.07) is 10.5. The highest BCUT2D eigenvalue weighted by atomic mass is 32.2. The van der Waals surface area contributed by atoms with Gasteiger partial charge in [0.1, 0.15) is 5.82 Å². The normalized spacial score (nSPS) is 12.7. The Kier molecular flexibility index (Phi) is 5.12. The Bertz CT molecular complexity index is 787. The first-order valence-electron chi connectivity index (χ1n) is 6.93. The number of benzene rings is 2. The summed E-state index contributed by atoms with van der Waals surface area (Å²) in [6.07, 6.45) is 0. The Morgan fingerprint density at radius 1 is 1.04 bits per heavy atom. The summed E-state index contributed by atoms with van der Waals surface area (Å²) in [6.45, 7) is 3.28. The maximum absolute atomic E-state index is 12.8. The molecule has 0 aromatic heterocycles. The van der Waals surface area contributed by atoms with E-state index in [9.17, 15) is 17.6 Å². The minimum atomic E-state index is -3.79. The van der Waals surface area contributed by atoms with E-state index in [1.807, 2.05) is 6.92 Å². The molecule has 0 aliphatic heterocycles. The van der Waals surface area contributed by atoms with Crippen LogP contribution in [0.25, 0.3) is 0 Å². The van der Waals surface area contributed by atoms with Crippen LogP contribution in [0.3, 0.4) is 0 Å². The molecule has 0 spiro atoms. The summed E-state index contributed by atoms with van der Waals surface area (Å²) in [5.41, 5.74) is 1.32. The van der Waals surface area contributed by atoms with Crippen molar-refractivity contribution in [3.63, 3.8) is 0 Å². The molecule has 0 saturated heterocycles. The number of anilines is 1. The number of rotatable bonds is 5. The number of halogens is 1. The van der Waals surface area contributed by atoms with Crippen molar-refractivity contribution in [2.75, 3.05) is 5.32 Å². The van der Waals surface area contributed by atoms with Gasteiger partial charge in [-0.15, -0.1) is 0 Å². The summed E-state index contributed by atoms with van der Waals surface area (Å²) in [5.74, 6) is -0.955. The van der Waals surface area contributed by atoms with E-state index in [0.717, 1.165) is 5.56 Å². The molecule has 0 fully saturated rings. The highest BCUT2D eigenvalue weighted by Crippen LogP contribution is 2.12. The standard InChI is InChI=1S/C16H17FN2O3S/c1-11-3-9-15(10-4-11)23(21,22)19-12(2)16(20)18-14-7-5-13(17)6-8-14/h3-10,12,19H,1-2H3,(H,18,20)/t12-/m0/s1. The fourth-order valence-corrected chi connectivity index (χ4v) is 3.06. The van der Waals surface area contributed by atoms with Gasteiger partial charge in [0.25, 0.3) is 0 Å². The third-order valence-electron chi connectivity index (χ3n) is 3.17. The van der Waals surface area contributed by atoms with E-state index in [1.54, 1.807) is 12.1 Å². The second-order valence-electron chi connectivity index (χ2n) is 5.15.